The minimum atomic E-state index is 0.0662. The van der Waals surface area contributed by atoms with E-state index in [4.69, 9.17) is 0 Å². The van der Waals surface area contributed by atoms with Gasteiger partial charge in [0.25, 0.3) is 0 Å². The summed E-state index contributed by atoms with van der Waals surface area (Å²) in [5, 5.41) is 11.2. The highest BCUT2D eigenvalue weighted by atomic mass is 16.3. The molecular weight excluding hydrogens is 356 g/mol. The molecule has 4 rings (SSSR count). The van der Waals surface area contributed by atoms with Crippen molar-refractivity contribution in [1.82, 2.24) is 0 Å². The van der Waals surface area contributed by atoms with E-state index in [0.29, 0.717) is 39.9 Å². The van der Waals surface area contributed by atoms with Crippen LogP contribution in [0.1, 0.15) is 101 Å². The van der Waals surface area contributed by atoms with Crippen molar-refractivity contribution in [3.63, 3.8) is 0 Å². The maximum Gasteiger partial charge on any atom is 0.166 e. The second-order valence-electron chi connectivity index (χ2n) is 11.8. The minimum Gasteiger partial charge on any atom is -0.507 e. The topological polar surface area (TPSA) is 37.3 Å². The van der Waals surface area contributed by atoms with Gasteiger partial charge in [0.2, 0.25) is 0 Å². The molecule has 3 aliphatic rings. The molecule has 0 spiro atoms. The zero-order chi connectivity index (χ0) is 21.4. The van der Waals surface area contributed by atoms with Gasteiger partial charge in [-0.2, -0.15) is 0 Å². The summed E-state index contributed by atoms with van der Waals surface area (Å²) >= 11 is 0. The highest BCUT2D eigenvalue weighted by Gasteiger charge is 2.60. The largest absolute Gasteiger partial charge is 0.507 e. The number of hydrogen-bond acceptors (Lipinski definition) is 2. The first-order valence-electron chi connectivity index (χ1n) is 11.8. The van der Waals surface area contributed by atoms with E-state index in [2.05, 4.69) is 40.7 Å². The van der Waals surface area contributed by atoms with Gasteiger partial charge in [-0.3, -0.25) is 4.79 Å². The SMILES string of the molecule is CCC(=O)c1c(C)cc2c(c1O)CC1C(C)(CCC3C(C)(C)C(C)CCC13C)C2. The molecule has 29 heavy (non-hydrogen) atoms. The van der Waals surface area contributed by atoms with Gasteiger partial charge in [0.15, 0.2) is 5.78 Å². The molecule has 1 aromatic rings. The summed E-state index contributed by atoms with van der Waals surface area (Å²) in [7, 11) is 0. The standard InChI is InChI=1S/C27H40O2/c1-8-20(28)23-16(2)13-18-15-26(6)11-10-21-25(4,5)17(3)9-12-27(21,7)22(26)14-19(18)24(23)29/h13,17,21-22,29H,8-12,14-15H2,1-7H3. The fourth-order valence-electron chi connectivity index (χ4n) is 7.99. The number of hydrogen-bond donors (Lipinski definition) is 1. The molecule has 1 N–H and O–H groups in total. The van der Waals surface area contributed by atoms with Gasteiger partial charge in [0, 0.05) is 6.42 Å². The van der Waals surface area contributed by atoms with E-state index < -0.39 is 0 Å². The third-order valence-electron chi connectivity index (χ3n) is 10.0. The Morgan fingerprint density at radius 3 is 2.48 bits per heavy atom. The molecule has 0 aromatic heterocycles. The molecule has 160 valence electrons. The van der Waals surface area contributed by atoms with Crippen molar-refractivity contribution < 1.29 is 9.90 Å². The second-order valence-corrected chi connectivity index (χ2v) is 11.8. The molecule has 5 atom stereocenters. The summed E-state index contributed by atoms with van der Waals surface area (Å²) < 4.78 is 0. The lowest BCUT2D eigenvalue weighted by Gasteiger charge is -2.65. The average Bonchev–Trinajstić information content (AvgIpc) is 2.63. The van der Waals surface area contributed by atoms with E-state index in [9.17, 15) is 9.90 Å². The van der Waals surface area contributed by atoms with Gasteiger partial charge in [-0.25, -0.2) is 0 Å². The van der Waals surface area contributed by atoms with Crippen LogP contribution < -0.4 is 0 Å². The van der Waals surface area contributed by atoms with Gasteiger partial charge in [-0.15, -0.1) is 0 Å². The van der Waals surface area contributed by atoms with Crippen LogP contribution in [0.25, 0.3) is 0 Å². The molecule has 0 saturated heterocycles. The number of aryl methyl sites for hydroxylation is 1. The first-order chi connectivity index (χ1) is 13.5. The van der Waals surface area contributed by atoms with Crippen LogP contribution in [0.15, 0.2) is 6.07 Å². The maximum absolute atomic E-state index is 12.5. The van der Waals surface area contributed by atoms with E-state index in [-0.39, 0.29) is 5.78 Å². The molecule has 0 aliphatic heterocycles. The van der Waals surface area contributed by atoms with Crippen LogP contribution >= 0.6 is 0 Å². The van der Waals surface area contributed by atoms with Crippen LogP contribution in [0.4, 0.5) is 0 Å². The van der Waals surface area contributed by atoms with Crippen LogP contribution in [0, 0.1) is 40.9 Å². The minimum absolute atomic E-state index is 0.0662. The average molecular weight is 397 g/mol. The molecule has 5 unspecified atom stereocenters. The highest BCUT2D eigenvalue weighted by molar-refractivity contribution is 6.00. The lowest BCUT2D eigenvalue weighted by atomic mass is 9.39. The number of carbonyl (C=O) groups excluding carboxylic acids is 1. The predicted octanol–water partition coefficient (Wildman–Crippen LogP) is 6.89. The number of phenolic OH excluding ortho intramolecular Hbond substituents is 1. The molecule has 2 heteroatoms. The maximum atomic E-state index is 12.5. The van der Waals surface area contributed by atoms with E-state index in [1.807, 2.05) is 13.8 Å². The molecule has 2 saturated carbocycles. The molecule has 2 fully saturated rings. The van der Waals surface area contributed by atoms with Crippen LogP contribution in [-0.4, -0.2) is 10.9 Å². The molecule has 0 radical (unpaired) electrons. The van der Waals surface area contributed by atoms with Crippen molar-refractivity contribution in [1.29, 1.82) is 0 Å². The van der Waals surface area contributed by atoms with Gasteiger partial charge in [0.05, 0.1) is 5.56 Å². The van der Waals surface area contributed by atoms with Gasteiger partial charge < -0.3 is 5.11 Å². The summed E-state index contributed by atoms with van der Waals surface area (Å²) in [6, 6.07) is 2.21. The molecule has 0 amide bonds. The van der Waals surface area contributed by atoms with Gasteiger partial charge >= 0.3 is 0 Å². The zero-order valence-corrected chi connectivity index (χ0v) is 19.6. The van der Waals surface area contributed by atoms with E-state index in [1.54, 1.807) is 0 Å². The molecule has 0 heterocycles. The fraction of sp³-hybridized carbons (Fsp3) is 0.741. The highest BCUT2D eigenvalue weighted by Crippen LogP contribution is 2.68. The van der Waals surface area contributed by atoms with Gasteiger partial charge in [-0.1, -0.05) is 47.6 Å². The quantitative estimate of drug-likeness (QED) is 0.553. The predicted molar refractivity (Wildman–Crippen MR) is 119 cm³/mol. The van der Waals surface area contributed by atoms with E-state index in [0.717, 1.165) is 35.8 Å². The van der Waals surface area contributed by atoms with Crippen molar-refractivity contribution >= 4 is 5.78 Å². The van der Waals surface area contributed by atoms with Gasteiger partial charge in [-0.05, 0) is 96.1 Å². The Hall–Kier alpha value is -1.31. The Balaban J connectivity index is 1.81. The summed E-state index contributed by atoms with van der Waals surface area (Å²) in [4.78, 5) is 12.5. The van der Waals surface area contributed by atoms with Crippen LogP contribution in [0.5, 0.6) is 5.75 Å². The lowest BCUT2D eigenvalue weighted by Crippen LogP contribution is -2.58. The number of benzene rings is 1. The van der Waals surface area contributed by atoms with E-state index >= 15 is 0 Å². The Kier molecular flexibility index (Phi) is 4.76. The fourth-order valence-corrected chi connectivity index (χ4v) is 7.99. The van der Waals surface area contributed by atoms with Crippen molar-refractivity contribution in [2.75, 3.05) is 0 Å². The Labute approximate surface area is 177 Å². The van der Waals surface area contributed by atoms with Crippen molar-refractivity contribution in [2.24, 2.45) is 34.0 Å². The van der Waals surface area contributed by atoms with Crippen LogP contribution in [0.3, 0.4) is 0 Å². The van der Waals surface area contributed by atoms with Crippen molar-refractivity contribution in [3.05, 3.63) is 28.3 Å². The molecule has 1 aromatic carbocycles. The molecule has 0 bridgehead atoms. The van der Waals surface area contributed by atoms with Crippen molar-refractivity contribution in [2.45, 2.75) is 93.4 Å². The summed E-state index contributed by atoms with van der Waals surface area (Å²) in [5.74, 6) is 2.44. The number of carbonyl (C=O) groups is 1. The number of fused-ring (bicyclic) bond motifs is 4. The first-order valence-corrected chi connectivity index (χ1v) is 11.8. The Morgan fingerprint density at radius 2 is 1.83 bits per heavy atom. The number of Topliss-reactive ketones (excluding diaryl/α,β-unsaturated/α-hetero) is 1. The third kappa shape index (κ3) is 2.84. The number of aromatic hydroxyl groups is 1. The zero-order valence-electron chi connectivity index (χ0n) is 19.6. The Morgan fingerprint density at radius 1 is 1.14 bits per heavy atom. The second kappa shape index (κ2) is 6.59. The number of phenols is 1. The number of rotatable bonds is 2. The van der Waals surface area contributed by atoms with Crippen LogP contribution in [0.2, 0.25) is 0 Å². The molecule has 3 aliphatic carbocycles. The van der Waals surface area contributed by atoms with E-state index in [1.165, 1.54) is 31.2 Å². The monoisotopic (exact) mass is 396 g/mol. The Bertz CT molecular complexity index is 851. The molecular formula is C27H40O2. The van der Waals surface area contributed by atoms with Gasteiger partial charge in [0.1, 0.15) is 5.75 Å². The normalized spacial score (nSPS) is 38.0. The van der Waals surface area contributed by atoms with Crippen LogP contribution in [-0.2, 0) is 12.8 Å². The summed E-state index contributed by atoms with van der Waals surface area (Å²) in [6.07, 6.45) is 7.63. The van der Waals surface area contributed by atoms with Crippen molar-refractivity contribution in [3.8, 4) is 5.75 Å². The molecule has 2 nitrogen and oxygen atoms in total. The third-order valence-corrected chi connectivity index (χ3v) is 10.0. The summed E-state index contributed by atoms with van der Waals surface area (Å²) in [6.45, 7) is 16.4. The smallest absolute Gasteiger partial charge is 0.166 e. The first kappa shape index (κ1) is 20.9. The number of ketones is 1. The lowest BCUT2D eigenvalue weighted by molar-refractivity contribution is -0.149. The summed E-state index contributed by atoms with van der Waals surface area (Å²) in [5.41, 5.74) is 4.86.